The normalized spacial score (nSPS) is 25.1. The number of primary amides is 1. The van der Waals surface area contributed by atoms with E-state index in [1.54, 1.807) is 0 Å². The molecule has 1 atom stereocenters. The molecule has 0 spiro atoms. The summed E-state index contributed by atoms with van der Waals surface area (Å²) >= 11 is 0. The zero-order valence-electron chi connectivity index (χ0n) is 7.79. The largest absolute Gasteiger partial charge is 0.369 e. The van der Waals surface area contributed by atoms with Crippen molar-refractivity contribution in [3.63, 3.8) is 0 Å². The van der Waals surface area contributed by atoms with Crippen molar-refractivity contribution in [2.75, 3.05) is 33.7 Å². The van der Waals surface area contributed by atoms with Gasteiger partial charge in [-0.05, 0) is 20.5 Å². The monoisotopic (exact) mass is 171 g/mol. The molecular weight excluding hydrogens is 154 g/mol. The van der Waals surface area contributed by atoms with Gasteiger partial charge in [0.15, 0.2) is 0 Å². The van der Waals surface area contributed by atoms with Crippen molar-refractivity contribution in [3.8, 4) is 0 Å². The Hall–Kier alpha value is -0.610. The smallest absolute Gasteiger partial charge is 0.231 e. The summed E-state index contributed by atoms with van der Waals surface area (Å²) in [5.74, 6) is -0.227. The van der Waals surface area contributed by atoms with Crippen LogP contribution in [-0.2, 0) is 4.79 Å². The fraction of sp³-hybridized carbons (Fsp3) is 0.875. The quantitative estimate of drug-likeness (QED) is 0.599. The van der Waals surface area contributed by atoms with E-state index in [4.69, 9.17) is 5.73 Å². The fourth-order valence-electron chi connectivity index (χ4n) is 1.60. The number of nitrogens with zero attached hydrogens (tertiary/aromatic N) is 2. The van der Waals surface area contributed by atoms with Crippen molar-refractivity contribution in [2.24, 2.45) is 5.73 Å². The van der Waals surface area contributed by atoms with Crippen LogP contribution in [0, 0.1) is 0 Å². The minimum absolute atomic E-state index is 0.227. The van der Waals surface area contributed by atoms with Crippen LogP contribution in [-0.4, -0.2) is 55.5 Å². The summed E-state index contributed by atoms with van der Waals surface area (Å²) in [7, 11) is 4.14. The van der Waals surface area contributed by atoms with Gasteiger partial charge in [0.25, 0.3) is 0 Å². The second-order valence-electron chi connectivity index (χ2n) is 3.61. The van der Waals surface area contributed by atoms with E-state index in [2.05, 4.69) is 23.9 Å². The number of carbonyl (C=O) groups excluding carboxylic acids is 1. The number of amides is 1. The van der Waals surface area contributed by atoms with E-state index in [1.165, 1.54) is 0 Å². The lowest BCUT2D eigenvalue weighted by Gasteiger charge is -2.19. The van der Waals surface area contributed by atoms with Gasteiger partial charge >= 0.3 is 0 Å². The van der Waals surface area contributed by atoms with Gasteiger partial charge in [-0.2, -0.15) is 0 Å². The Balaban J connectivity index is 2.30. The van der Waals surface area contributed by atoms with Gasteiger partial charge in [-0.3, -0.25) is 9.69 Å². The van der Waals surface area contributed by atoms with Crippen LogP contribution in [0.4, 0.5) is 0 Å². The molecular formula is C8H17N3O. The van der Waals surface area contributed by atoms with Crippen LogP contribution >= 0.6 is 0 Å². The molecule has 1 rings (SSSR count). The van der Waals surface area contributed by atoms with Crippen molar-refractivity contribution in [1.82, 2.24) is 9.80 Å². The lowest BCUT2D eigenvalue weighted by atomic mass is 10.2. The fourth-order valence-corrected chi connectivity index (χ4v) is 1.60. The highest BCUT2D eigenvalue weighted by Crippen LogP contribution is 2.11. The summed E-state index contributed by atoms with van der Waals surface area (Å²) in [6.07, 6.45) is 1.14. The number of carbonyl (C=O) groups is 1. The van der Waals surface area contributed by atoms with E-state index in [0.29, 0.717) is 12.6 Å². The average molecular weight is 171 g/mol. The molecule has 1 aliphatic rings. The van der Waals surface area contributed by atoms with Crippen molar-refractivity contribution in [3.05, 3.63) is 0 Å². The standard InChI is InChI=1S/C8H17N3O/c1-10(2)7-3-4-11(5-7)6-8(9)12/h7H,3-6H2,1-2H3,(H2,9,12). The predicted molar refractivity (Wildman–Crippen MR) is 47.7 cm³/mol. The maximum Gasteiger partial charge on any atom is 0.231 e. The minimum atomic E-state index is -0.227. The Morgan fingerprint density at radius 2 is 2.33 bits per heavy atom. The molecule has 1 aliphatic heterocycles. The van der Waals surface area contributed by atoms with Gasteiger partial charge in [-0.1, -0.05) is 0 Å². The predicted octanol–water partition coefficient (Wildman–Crippen LogP) is -0.892. The van der Waals surface area contributed by atoms with E-state index in [-0.39, 0.29) is 5.91 Å². The first kappa shape index (κ1) is 9.48. The van der Waals surface area contributed by atoms with Gasteiger partial charge in [-0.15, -0.1) is 0 Å². The average Bonchev–Trinajstić information content (AvgIpc) is 2.34. The molecule has 0 aromatic heterocycles. The Bertz CT molecular complexity index is 170. The highest BCUT2D eigenvalue weighted by molar-refractivity contribution is 5.75. The van der Waals surface area contributed by atoms with Crippen LogP contribution in [0.1, 0.15) is 6.42 Å². The molecule has 12 heavy (non-hydrogen) atoms. The Labute approximate surface area is 73.3 Å². The van der Waals surface area contributed by atoms with Gasteiger partial charge in [-0.25, -0.2) is 0 Å². The number of hydrogen-bond acceptors (Lipinski definition) is 3. The molecule has 0 aromatic carbocycles. The number of nitrogens with two attached hydrogens (primary N) is 1. The molecule has 2 N–H and O–H groups in total. The Morgan fingerprint density at radius 3 is 2.75 bits per heavy atom. The number of hydrogen-bond donors (Lipinski definition) is 1. The molecule has 0 aromatic rings. The Kier molecular flexibility index (Phi) is 3.05. The third-order valence-electron chi connectivity index (χ3n) is 2.36. The molecule has 1 fully saturated rings. The summed E-state index contributed by atoms with van der Waals surface area (Å²) in [6.45, 7) is 2.37. The first-order chi connectivity index (χ1) is 5.59. The molecule has 1 amide bonds. The SMILES string of the molecule is CN(C)C1CCN(CC(N)=O)C1. The molecule has 0 radical (unpaired) electrons. The molecule has 0 saturated carbocycles. The molecule has 1 saturated heterocycles. The first-order valence-corrected chi connectivity index (χ1v) is 4.26. The van der Waals surface area contributed by atoms with Crippen LogP contribution in [0.25, 0.3) is 0 Å². The second-order valence-corrected chi connectivity index (χ2v) is 3.61. The van der Waals surface area contributed by atoms with Crippen molar-refractivity contribution in [2.45, 2.75) is 12.5 Å². The summed E-state index contributed by atoms with van der Waals surface area (Å²) in [4.78, 5) is 14.9. The van der Waals surface area contributed by atoms with E-state index in [1.807, 2.05) is 0 Å². The second kappa shape index (κ2) is 3.87. The van der Waals surface area contributed by atoms with Crippen molar-refractivity contribution < 1.29 is 4.79 Å². The zero-order valence-corrected chi connectivity index (χ0v) is 7.79. The van der Waals surface area contributed by atoms with Gasteiger partial charge in [0.05, 0.1) is 6.54 Å². The molecule has 0 aliphatic carbocycles. The number of likely N-dealkylation sites (tertiary alicyclic amines) is 1. The Morgan fingerprint density at radius 1 is 1.67 bits per heavy atom. The van der Waals surface area contributed by atoms with Gasteiger partial charge in [0, 0.05) is 19.1 Å². The lowest BCUT2D eigenvalue weighted by Crippen LogP contribution is -2.35. The topological polar surface area (TPSA) is 49.6 Å². The molecule has 1 heterocycles. The van der Waals surface area contributed by atoms with Crippen LogP contribution in [0.5, 0.6) is 0 Å². The molecule has 70 valence electrons. The van der Waals surface area contributed by atoms with Crippen LogP contribution < -0.4 is 5.73 Å². The zero-order chi connectivity index (χ0) is 9.14. The summed E-state index contributed by atoms with van der Waals surface area (Å²) in [5, 5.41) is 0. The van der Waals surface area contributed by atoms with Crippen molar-refractivity contribution >= 4 is 5.91 Å². The van der Waals surface area contributed by atoms with Crippen molar-refractivity contribution in [1.29, 1.82) is 0 Å². The highest BCUT2D eigenvalue weighted by atomic mass is 16.1. The minimum Gasteiger partial charge on any atom is -0.369 e. The third kappa shape index (κ3) is 2.46. The lowest BCUT2D eigenvalue weighted by molar-refractivity contribution is -0.118. The number of rotatable bonds is 3. The van der Waals surface area contributed by atoms with Crippen LogP contribution in [0.3, 0.4) is 0 Å². The maximum absolute atomic E-state index is 10.6. The van der Waals surface area contributed by atoms with E-state index >= 15 is 0 Å². The van der Waals surface area contributed by atoms with E-state index < -0.39 is 0 Å². The summed E-state index contributed by atoms with van der Waals surface area (Å²) in [6, 6.07) is 0.587. The van der Waals surface area contributed by atoms with E-state index in [0.717, 1.165) is 19.5 Å². The maximum atomic E-state index is 10.6. The van der Waals surface area contributed by atoms with Crippen LogP contribution in [0.15, 0.2) is 0 Å². The molecule has 4 heteroatoms. The van der Waals surface area contributed by atoms with Gasteiger partial charge in [0.2, 0.25) is 5.91 Å². The van der Waals surface area contributed by atoms with Gasteiger partial charge < -0.3 is 10.6 Å². The van der Waals surface area contributed by atoms with Gasteiger partial charge in [0.1, 0.15) is 0 Å². The first-order valence-electron chi connectivity index (χ1n) is 4.26. The molecule has 4 nitrogen and oxygen atoms in total. The van der Waals surface area contributed by atoms with Crippen LogP contribution in [0.2, 0.25) is 0 Å². The summed E-state index contributed by atoms with van der Waals surface area (Å²) in [5.41, 5.74) is 5.10. The summed E-state index contributed by atoms with van der Waals surface area (Å²) < 4.78 is 0. The number of likely N-dealkylation sites (N-methyl/N-ethyl adjacent to an activating group) is 1. The third-order valence-corrected chi connectivity index (χ3v) is 2.36. The molecule has 1 unspecified atom stereocenters. The van der Waals surface area contributed by atoms with E-state index in [9.17, 15) is 4.79 Å². The highest BCUT2D eigenvalue weighted by Gasteiger charge is 2.24. The molecule has 0 bridgehead atoms.